The van der Waals surface area contributed by atoms with Crippen molar-refractivity contribution >= 4 is 0 Å². The van der Waals surface area contributed by atoms with Crippen LogP contribution < -0.4 is 5.73 Å². The van der Waals surface area contributed by atoms with Gasteiger partial charge in [-0.15, -0.1) is 0 Å². The first kappa shape index (κ1) is 8.57. The van der Waals surface area contributed by atoms with Gasteiger partial charge >= 0.3 is 0 Å². The van der Waals surface area contributed by atoms with Crippen LogP contribution in [-0.4, -0.2) is 5.11 Å². The number of phenols is 1. The standard InChI is InChI=1S/C9H10N2O/c10-6-5-8(11)7-3-1-2-4-9(7)12/h1-4,8,12H,5,11H2/t8-/m0/s1. The number of nitrogens with zero attached hydrogens (tertiary/aromatic N) is 1. The van der Waals surface area contributed by atoms with E-state index < -0.39 is 6.04 Å². The van der Waals surface area contributed by atoms with Crippen LogP contribution in [0, 0.1) is 11.3 Å². The number of para-hydroxylation sites is 1. The molecule has 0 amide bonds. The lowest BCUT2D eigenvalue weighted by Gasteiger charge is -2.08. The molecule has 0 bridgehead atoms. The fourth-order valence-corrected chi connectivity index (χ4v) is 1.01. The Morgan fingerprint density at radius 3 is 2.75 bits per heavy atom. The molecule has 0 aliphatic heterocycles. The van der Waals surface area contributed by atoms with Gasteiger partial charge in [0.15, 0.2) is 0 Å². The highest BCUT2D eigenvalue weighted by atomic mass is 16.3. The summed E-state index contributed by atoms with van der Waals surface area (Å²) in [4.78, 5) is 0. The normalized spacial score (nSPS) is 12.0. The van der Waals surface area contributed by atoms with Crippen molar-refractivity contribution < 1.29 is 5.11 Å². The van der Waals surface area contributed by atoms with E-state index in [9.17, 15) is 5.11 Å². The summed E-state index contributed by atoms with van der Waals surface area (Å²) >= 11 is 0. The van der Waals surface area contributed by atoms with Gasteiger partial charge in [-0.3, -0.25) is 0 Å². The van der Waals surface area contributed by atoms with E-state index in [-0.39, 0.29) is 12.2 Å². The molecule has 0 aliphatic rings. The highest BCUT2D eigenvalue weighted by molar-refractivity contribution is 5.34. The maximum absolute atomic E-state index is 9.32. The van der Waals surface area contributed by atoms with E-state index in [1.165, 1.54) is 0 Å². The van der Waals surface area contributed by atoms with Crippen molar-refractivity contribution in [1.82, 2.24) is 0 Å². The lowest BCUT2D eigenvalue weighted by atomic mass is 10.0. The summed E-state index contributed by atoms with van der Waals surface area (Å²) in [5.74, 6) is 0.153. The number of nitriles is 1. The fourth-order valence-electron chi connectivity index (χ4n) is 1.01. The van der Waals surface area contributed by atoms with Crippen molar-refractivity contribution in [3.8, 4) is 11.8 Å². The summed E-state index contributed by atoms with van der Waals surface area (Å²) in [6.45, 7) is 0. The number of nitrogens with two attached hydrogens (primary N) is 1. The molecule has 12 heavy (non-hydrogen) atoms. The van der Waals surface area contributed by atoms with Crippen LogP contribution in [0.3, 0.4) is 0 Å². The Morgan fingerprint density at radius 2 is 2.17 bits per heavy atom. The molecule has 3 heteroatoms. The molecular weight excluding hydrogens is 152 g/mol. The zero-order valence-electron chi connectivity index (χ0n) is 6.57. The number of rotatable bonds is 2. The highest BCUT2D eigenvalue weighted by Gasteiger charge is 2.08. The van der Waals surface area contributed by atoms with Crippen LogP contribution in [0.25, 0.3) is 0 Å². The van der Waals surface area contributed by atoms with Gasteiger partial charge in [0, 0.05) is 11.6 Å². The van der Waals surface area contributed by atoms with E-state index in [1.54, 1.807) is 24.3 Å². The van der Waals surface area contributed by atoms with E-state index in [0.29, 0.717) is 5.56 Å². The summed E-state index contributed by atoms with van der Waals surface area (Å²) < 4.78 is 0. The Bertz CT molecular complexity index is 304. The maximum atomic E-state index is 9.32. The predicted octanol–water partition coefficient (Wildman–Crippen LogP) is 1.31. The van der Waals surface area contributed by atoms with E-state index in [1.807, 2.05) is 6.07 Å². The topological polar surface area (TPSA) is 70.0 Å². The van der Waals surface area contributed by atoms with Gasteiger partial charge in [0.2, 0.25) is 0 Å². The molecular formula is C9H10N2O. The summed E-state index contributed by atoms with van der Waals surface area (Å²) in [6.07, 6.45) is 0.220. The van der Waals surface area contributed by atoms with E-state index in [2.05, 4.69) is 0 Å². The lowest BCUT2D eigenvalue weighted by Crippen LogP contribution is -2.09. The SMILES string of the molecule is N#CC[C@H](N)c1ccccc1O. The highest BCUT2D eigenvalue weighted by Crippen LogP contribution is 2.23. The molecule has 0 saturated heterocycles. The van der Waals surface area contributed by atoms with Gasteiger partial charge in [0.1, 0.15) is 5.75 Å². The smallest absolute Gasteiger partial charge is 0.120 e. The third-order valence-electron chi connectivity index (χ3n) is 1.65. The van der Waals surface area contributed by atoms with Crippen molar-refractivity contribution in [2.75, 3.05) is 0 Å². The van der Waals surface area contributed by atoms with Crippen molar-refractivity contribution in [2.45, 2.75) is 12.5 Å². The van der Waals surface area contributed by atoms with Gasteiger partial charge in [-0.05, 0) is 6.07 Å². The molecule has 0 heterocycles. The molecule has 3 N–H and O–H groups in total. The molecule has 0 saturated carbocycles. The zero-order valence-corrected chi connectivity index (χ0v) is 6.57. The van der Waals surface area contributed by atoms with E-state index in [0.717, 1.165) is 0 Å². The fraction of sp³-hybridized carbons (Fsp3) is 0.222. The molecule has 1 atom stereocenters. The van der Waals surface area contributed by atoms with Gasteiger partial charge < -0.3 is 10.8 Å². The number of aromatic hydroxyl groups is 1. The number of hydrogen-bond acceptors (Lipinski definition) is 3. The van der Waals surface area contributed by atoms with Crippen LogP contribution in [-0.2, 0) is 0 Å². The second kappa shape index (κ2) is 3.74. The molecule has 1 rings (SSSR count). The third-order valence-corrected chi connectivity index (χ3v) is 1.65. The molecule has 0 radical (unpaired) electrons. The van der Waals surface area contributed by atoms with Crippen molar-refractivity contribution in [1.29, 1.82) is 5.26 Å². The number of phenolic OH excluding ortho intramolecular Hbond substituents is 1. The average molecular weight is 162 g/mol. The molecule has 0 fully saturated rings. The molecule has 1 aromatic carbocycles. The van der Waals surface area contributed by atoms with Crippen LogP contribution in [0.2, 0.25) is 0 Å². The molecule has 1 aromatic rings. The van der Waals surface area contributed by atoms with Gasteiger partial charge in [-0.25, -0.2) is 0 Å². The Labute approximate surface area is 71.1 Å². The first-order valence-corrected chi connectivity index (χ1v) is 3.66. The van der Waals surface area contributed by atoms with Gasteiger partial charge in [-0.2, -0.15) is 5.26 Å². The van der Waals surface area contributed by atoms with Crippen molar-refractivity contribution in [2.24, 2.45) is 5.73 Å². The van der Waals surface area contributed by atoms with Gasteiger partial charge in [-0.1, -0.05) is 18.2 Å². The largest absolute Gasteiger partial charge is 0.508 e. The minimum atomic E-state index is -0.392. The van der Waals surface area contributed by atoms with Crippen LogP contribution in [0.1, 0.15) is 18.0 Å². The molecule has 0 aliphatic carbocycles. The lowest BCUT2D eigenvalue weighted by molar-refractivity contribution is 0.462. The molecule has 3 nitrogen and oxygen atoms in total. The van der Waals surface area contributed by atoms with Crippen LogP contribution in [0.4, 0.5) is 0 Å². The van der Waals surface area contributed by atoms with Crippen molar-refractivity contribution in [3.63, 3.8) is 0 Å². The molecule has 0 spiro atoms. The Kier molecular flexibility index (Phi) is 2.67. The van der Waals surface area contributed by atoms with E-state index >= 15 is 0 Å². The van der Waals surface area contributed by atoms with E-state index in [4.69, 9.17) is 11.0 Å². The van der Waals surface area contributed by atoms with Crippen LogP contribution in [0.5, 0.6) is 5.75 Å². The summed E-state index contributed by atoms with van der Waals surface area (Å²) in [6, 6.07) is 8.35. The number of benzene rings is 1. The maximum Gasteiger partial charge on any atom is 0.120 e. The first-order valence-electron chi connectivity index (χ1n) is 3.66. The first-order chi connectivity index (χ1) is 5.75. The van der Waals surface area contributed by atoms with Gasteiger partial charge in [0.25, 0.3) is 0 Å². The zero-order chi connectivity index (χ0) is 8.97. The average Bonchev–Trinajstić information content (AvgIpc) is 2.05. The number of hydrogen-bond donors (Lipinski definition) is 2. The minimum Gasteiger partial charge on any atom is -0.508 e. The molecule has 62 valence electrons. The van der Waals surface area contributed by atoms with Gasteiger partial charge in [0.05, 0.1) is 12.5 Å². The molecule has 0 aromatic heterocycles. The Balaban J connectivity index is 2.88. The second-order valence-electron chi connectivity index (χ2n) is 2.53. The Hall–Kier alpha value is -1.53. The summed E-state index contributed by atoms with van der Waals surface area (Å²) in [7, 11) is 0. The monoisotopic (exact) mass is 162 g/mol. The minimum absolute atomic E-state index is 0.153. The Morgan fingerprint density at radius 1 is 1.50 bits per heavy atom. The quantitative estimate of drug-likeness (QED) is 0.688. The third kappa shape index (κ3) is 1.74. The summed E-state index contributed by atoms with van der Waals surface area (Å²) in [5.41, 5.74) is 6.25. The molecule has 0 unspecified atom stereocenters. The second-order valence-corrected chi connectivity index (χ2v) is 2.53. The summed E-state index contributed by atoms with van der Waals surface area (Å²) in [5, 5.41) is 17.7. The van der Waals surface area contributed by atoms with Crippen molar-refractivity contribution in [3.05, 3.63) is 29.8 Å². The predicted molar refractivity (Wildman–Crippen MR) is 45.3 cm³/mol. The van der Waals surface area contributed by atoms with Crippen LogP contribution in [0.15, 0.2) is 24.3 Å². The van der Waals surface area contributed by atoms with Crippen LogP contribution >= 0.6 is 0 Å².